The summed E-state index contributed by atoms with van der Waals surface area (Å²) in [5.74, 6) is 0.691. The fourth-order valence-corrected chi connectivity index (χ4v) is 3.12. The lowest BCUT2D eigenvalue weighted by molar-refractivity contribution is -0.126. The first kappa shape index (κ1) is 19.5. The summed E-state index contributed by atoms with van der Waals surface area (Å²) in [7, 11) is 0. The molecule has 1 heterocycles. The summed E-state index contributed by atoms with van der Waals surface area (Å²) in [5, 5.41) is 0. The van der Waals surface area contributed by atoms with E-state index in [4.69, 9.17) is 4.74 Å². The Balaban J connectivity index is 1.94. The smallest absolute Gasteiger partial charge is 0.246 e. The van der Waals surface area contributed by atoms with Crippen LogP contribution in [0.5, 0.6) is 0 Å². The number of rotatable bonds is 8. The van der Waals surface area contributed by atoms with Crippen LogP contribution in [0.2, 0.25) is 0 Å². The van der Waals surface area contributed by atoms with Crippen molar-refractivity contribution in [2.75, 3.05) is 44.3 Å². The summed E-state index contributed by atoms with van der Waals surface area (Å²) in [6, 6.07) is 8.39. The number of hydrogen-bond acceptors (Lipinski definition) is 3. The number of hydrogen-bond donors (Lipinski definition) is 0. The Kier molecular flexibility index (Phi) is 7.99. The summed E-state index contributed by atoms with van der Waals surface area (Å²) >= 11 is 0. The van der Waals surface area contributed by atoms with Gasteiger partial charge in [-0.2, -0.15) is 0 Å². The molecule has 1 saturated heterocycles. The fraction of sp³-hybridized carbons (Fsp3) is 0.571. The molecule has 0 N–H and O–H groups in total. The minimum absolute atomic E-state index is 0.103. The van der Waals surface area contributed by atoms with Crippen LogP contribution in [0.15, 0.2) is 30.3 Å². The molecule has 4 nitrogen and oxygen atoms in total. The minimum Gasteiger partial charge on any atom is -0.378 e. The third-order valence-corrected chi connectivity index (χ3v) is 5.01. The van der Waals surface area contributed by atoms with Gasteiger partial charge < -0.3 is 14.5 Å². The molecule has 0 bridgehead atoms. The van der Waals surface area contributed by atoms with Gasteiger partial charge in [0.2, 0.25) is 5.91 Å². The van der Waals surface area contributed by atoms with Crippen LogP contribution in [0.1, 0.15) is 39.2 Å². The Hall–Kier alpha value is -1.81. The van der Waals surface area contributed by atoms with Gasteiger partial charge in [0.1, 0.15) is 0 Å². The number of benzene rings is 1. The maximum absolute atomic E-state index is 12.4. The summed E-state index contributed by atoms with van der Waals surface area (Å²) in [6.45, 7) is 11.5. The summed E-state index contributed by atoms with van der Waals surface area (Å²) in [5.41, 5.74) is 2.28. The number of carbonyl (C=O) groups is 1. The van der Waals surface area contributed by atoms with Crippen LogP contribution in [0, 0.1) is 5.92 Å². The molecule has 1 amide bonds. The lowest BCUT2D eigenvalue weighted by atomic mass is 10.0. The quantitative estimate of drug-likeness (QED) is 0.672. The molecule has 0 atom stereocenters. The van der Waals surface area contributed by atoms with E-state index in [1.807, 2.05) is 17.9 Å². The van der Waals surface area contributed by atoms with Crippen molar-refractivity contribution < 1.29 is 9.53 Å². The highest BCUT2D eigenvalue weighted by Crippen LogP contribution is 2.17. The van der Waals surface area contributed by atoms with Crippen LogP contribution in [0.25, 0.3) is 6.08 Å². The average molecular weight is 344 g/mol. The van der Waals surface area contributed by atoms with E-state index in [0.717, 1.165) is 57.8 Å². The molecule has 0 saturated carbocycles. The highest BCUT2D eigenvalue weighted by molar-refractivity contribution is 5.91. The van der Waals surface area contributed by atoms with E-state index < -0.39 is 0 Å². The lowest BCUT2D eigenvalue weighted by Crippen LogP contribution is -2.36. The molecule has 2 rings (SSSR count). The Morgan fingerprint density at radius 1 is 1.16 bits per heavy atom. The van der Waals surface area contributed by atoms with Crippen molar-refractivity contribution in [3.8, 4) is 0 Å². The van der Waals surface area contributed by atoms with E-state index >= 15 is 0 Å². The van der Waals surface area contributed by atoms with E-state index in [-0.39, 0.29) is 5.91 Å². The molecule has 1 aliphatic rings. The van der Waals surface area contributed by atoms with E-state index in [0.29, 0.717) is 5.92 Å². The standard InChI is InChI=1S/C21H32N2O2/c1-4-18(5-2)17-22(6-3)21(24)12-9-19-7-10-20(11-8-19)23-13-15-25-16-14-23/h7-12,18H,4-6,13-17H2,1-3H3. The molecule has 4 heteroatoms. The van der Waals surface area contributed by atoms with E-state index in [1.54, 1.807) is 6.08 Å². The zero-order valence-corrected chi connectivity index (χ0v) is 15.9. The van der Waals surface area contributed by atoms with Gasteiger partial charge in [-0.25, -0.2) is 0 Å². The van der Waals surface area contributed by atoms with Crippen LogP contribution in [0.4, 0.5) is 5.69 Å². The molecule has 0 radical (unpaired) electrons. The Labute approximate surface area is 152 Å². The topological polar surface area (TPSA) is 32.8 Å². The molecule has 0 unspecified atom stereocenters. The number of carbonyl (C=O) groups excluding carboxylic acids is 1. The van der Waals surface area contributed by atoms with Crippen molar-refractivity contribution in [2.45, 2.75) is 33.6 Å². The van der Waals surface area contributed by atoms with Gasteiger partial charge in [-0.1, -0.05) is 38.8 Å². The number of likely N-dealkylation sites (N-methyl/N-ethyl adjacent to an activating group) is 1. The normalized spacial score (nSPS) is 15.1. The SMILES string of the molecule is CCC(CC)CN(CC)C(=O)C=Cc1ccc(N2CCOCC2)cc1. The van der Waals surface area contributed by atoms with E-state index in [2.05, 4.69) is 43.0 Å². The van der Waals surface area contributed by atoms with Crippen molar-refractivity contribution in [1.82, 2.24) is 4.90 Å². The molecule has 0 spiro atoms. The van der Waals surface area contributed by atoms with Gasteiger partial charge in [0.25, 0.3) is 0 Å². The Bertz CT molecular complexity index is 544. The Morgan fingerprint density at radius 2 is 1.80 bits per heavy atom. The second-order valence-electron chi connectivity index (χ2n) is 6.58. The number of anilines is 1. The van der Waals surface area contributed by atoms with Gasteiger partial charge >= 0.3 is 0 Å². The van der Waals surface area contributed by atoms with Crippen LogP contribution in [-0.4, -0.2) is 50.2 Å². The molecule has 1 fully saturated rings. The number of nitrogens with zero attached hydrogens (tertiary/aromatic N) is 2. The molecular weight excluding hydrogens is 312 g/mol. The van der Waals surface area contributed by atoms with Gasteiger partial charge in [0.15, 0.2) is 0 Å². The van der Waals surface area contributed by atoms with Crippen molar-refractivity contribution in [3.05, 3.63) is 35.9 Å². The molecule has 1 aliphatic heterocycles. The fourth-order valence-electron chi connectivity index (χ4n) is 3.12. The second-order valence-corrected chi connectivity index (χ2v) is 6.58. The van der Waals surface area contributed by atoms with Crippen molar-refractivity contribution in [2.24, 2.45) is 5.92 Å². The third kappa shape index (κ3) is 5.89. The molecule has 1 aromatic rings. The van der Waals surface area contributed by atoms with Crippen molar-refractivity contribution in [1.29, 1.82) is 0 Å². The first-order valence-corrected chi connectivity index (χ1v) is 9.57. The third-order valence-electron chi connectivity index (χ3n) is 5.01. The van der Waals surface area contributed by atoms with Crippen molar-refractivity contribution in [3.63, 3.8) is 0 Å². The van der Waals surface area contributed by atoms with Gasteiger partial charge in [0.05, 0.1) is 13.2 Å². The summed E-state index contributed by atoms with van der Waals surface area (Å²) in [4.78, 5) is 16.7. The lowest BCUT2D eigenvalue weighted by Gasteiger charge is -2.28. The first-order valence-electron chi connectivity index (χ1n) is 9.57. The highest BCUT2D eigenvalue weighted by atomic mass is 16.5. The molecule has 0 aromatic heterocycles. The number of amides is 1. The highest BCUT2D eigenvalue weighted by Gasteiger charge is 2.13. The molecule has 1 aromatic carbocycles. The zero-order valence-electron chi connectivity index (χ0n) is 15.9. The Morgan fingerprint density at radius 3 is 2.36 bits per heavy atom. The maximum atomic E-state index is 12.4. The monoisotopic (exact) mass is 344 g/mol. The van der Waals surface area contributed by atoms with Crippen LogP contribution < -0.4 is 4.90 Å². The zero-order chi connectivity index (χ0) is 18.1. The predicted molar refractivity (Wildman–Crippen MR) is 105 cm³/mol. The van der Waals surface area contributed by atoms with E-state index in [9.17, 15) is 4.79 Å². The van der Waals surface area contributed by atoms with Crippen LogP contribution >= 0.6 is 0 Å². The molecule has 138 valence electrons. The van der Waals surface area contributed by atoms with Crippen molar-refractivity contribution >= 4 is 17.7 Å². The maximum Gasteiger partial charge on any atom is 0.246 e. The average Bonchev–Trinajstić information content (AvgIpc) is 2.68. The largest absolute Gasteiger partial charge is 0.378 e. The first-order chi connectivity index (χ1) is 12.2. The van der Waals surface area contributed by atoms with Gasteiger partial charge in [-0.3, -0.25) is 4.79 Å². The molecule has 0 aliphatic carbocycles. The minimum atomic E-state index is 0.103. The summed E-state index contributed by atoms with van der Waals surface area (Å²) < 4.78 is 5.39. The number of ether oxygens (including phenoxy) is 1. The number of morpholine rings is 1. The summed E-state index contributed by atoms with van der Waals surface area (Å²) in [6.07, 6.45) is 5.86. The van der Waals surface area contributed by atoms with Gasteiger partial charge in [0, 0.05) is 37.9 Å². The molecular formula is C21H32N2O2. The van der Waals surface area contributed by atoms with Crippen LogP contribution in [-0.2, 0) is 9.53 Å². The molecule has 25 heavy (non-hydrogen) atoms. The van der Waals surface area contributed by atoms with Crippen LogP contribution in [0.3, 0.4) is 0 Å². The van der Waals surface area contributed by atoms with Gasteiger partial charge in [-0.05, 0) is 36.6 Å². The van der Waals surface area contributed by atoms with E-state index in [1.165, 1.54) is 5.69 Å². The predicted octanol–water partition coefficient (Wildman–Crippen LogP) is 3.82. The second kappa shape index (κ2) is 10.2. The van der Waals surface area contributed by atoms with Gasteiger partial charge in [-0.15, -0.1) is 0 Å².